The third-order valence-electron chi connectivity index (χ3n) is 4.32. The van der Waals surface area contributed by atoms with Crippen molar-refractivity contribution in [2.24, 2.45) is 14.1 Å². The zero-order chi connectivity index (χ0) is 21.1. The van der Waals surface area contributed by atoms with Crippen molar-refractivity contribution in [1.29, 1.82) is 0 Å². The monoisotopic (exact) mass is 415 g/mol. The molecule has 0 radical (unpaired) electrons. The van der Waals surface area contributed by atoms with Crippen LogP contribution in [-0.4, -0.2) is 32.5 Å². The van der Waals surface area contributed by atoms with Crippen molar-refractivity contribution in [3.63, 3.8) is 0 Å². The normalized spacial score (nSPS) is 10.7. The first-order valence-corrected chi connectivity index (χ1v) is 9.05. The number of aromatic nitrogens is 3. The molecular formula is C19H18ClN5O4. The summed E-state index contributed by atoms with van der Waals surface area (Å²) in [5, 5.41) is 6.01. The van der Waals surface area contributed by atoms with Crippen LogP contribution in [0.25, 0.3) is 11.0 Å². The molecule has 3 aromatic rings. The molecule has 0 unspecified atom stereocenters. The maximum atomic E-state index is 12.3. The third-order valence-corrected chi connectivity index (χ3v) is 4.57. The van der Waals surface area contributed by atoms with Crippen molar-refractivity contribution in [2.45, 2.75) is 6.42 Å². The minimum Gasteiger partial charge on any atom is -0.352 e. The van der Waals surface area contributed by atoms with E-state index in [4.69, 9.17) is 11.6 Å². The van der Waals surface area contributed by atoms with E-state index in [-0.39, 0.29) is 35.8 Å². The molecule has 0 aliphatic rings. The zero-order valence-corrected chi connectivity index (χ0v) is 16.5. The summed E-state index contributed by atoms with van der Waals surface area (Å²) >= 11 is 5.78. The Morgan fingerprint density at radius 3 is 2.48 bits per heavy atom. The summed E-state index contributed by atoms with van der Waals surface area (Å²) in [6, 6.07) is 7.86. The smallest absolute Gasteiger partial charge is 0.332 e. The van der Waals surface area contributed by atoms with Crippen LogP contribution in [0, 0.1) is 0 Å². The maximum Gasteiger partial charge on any atom is 0.332 e. The van der Waals surface area contributed by atoms with Gasteiger partial charge in [0.1, 0.15) is 5.65 Å². The molecule has 0 fully saturated rings. The first-order valence-electron chi connectivity index (χ1n) is 8.67. The molecule has 2 heterocycles. The molecule has 0 bridgehead atoms. The highest BCUT2D eigenvalue weighted by Crippen LogP contribution is 2.12. The third kappa shape index (κ3) is 4.35. The number of hydrogen-bond donors (Lipinski definition) is 2. The first kappa shape index (κ1) is 20.3. The van der Waals surface area contributed by atoms with Gasteiger partial charge in [0.2, 0.25) is 5.91 Å². The minimum atomic E-state index is -0.498. The van der Waals surface area contributed by atoms with Gasteiger partial charge in [0.15, 0.2) is 0 Å². The lowest BCUT2D eigenvalue weighted by Gasteiger charge is -2.09. The van der Waals surface area contributed by atoms with Gasteiger partial charge in [-0.15, -0.1) is 0 Å². The maximum absolute atomic E-state index is 12.3. The summed E-state index contributed by atoms with van der Waals surface area (Å²) in [4.78, 5) is 52.5. The van der Waals surface area contributed by atoms with Crippen molar-refractivity contribution in [1.82, 2.24) is 19.4 Å². The van der Waals surface area contributed by atoms with E-state index in [9.17, 15) is 19.2 Å². The number of carbonyl (C=O) groups is 2. The molecule has 0 saturated heterocycles. The summed E-state index contributed by atoms with van der Waals surface area (Å²) in [7, 11) is 2.89. The summed E-state index contributed by atoms with van der Waals surface area (Å²) in [6.07, 6.45) is 1.40. The van der Waals surface area contributed by atoms with Crippen LogP contribution in [0.4, 0.5) is 5.69 Å². The average Bonchev–Trinajstić information content (AvgIpc) is 2.71. The van der Waals surface area contributed by atoms with E-state index in [2.05, 4.69) is 15.6 Å². The molecule has 0 aliphatic heterocycles. The van der Waals surface area contributed by atoms with Gasteiger partial charge in [0.25, 0.3) is 11.5 Å². The van der Waals surface area contributed by atoms with Crippen LogP contribution in [0.3, 0.4) is 0 Å². The molecule has 10 heteroatoms. The van der Waals surface area contributed by atoms with Gasteiger partial charge in [0, 0.05) is 37.6 Å². The Kier molecular flexibility index (Phi) is 5.79. The molecule has 2 N–H and O–H groups in total. The van der Waals surface area contributed by atoms with Crippen LogP contribution in [0.5, 0.6) is 0 Å². The molecule has 2 amide bonds. The number of amides is 2. The van der Waals surface area contributed by atoms with Crippen molar-refractivity contribution in [2.75, 3.05) is 11.9 Å². The lowest BCUT2D eigenvalue weighted by molar-refractivity contribution is -0.116. The predicted molar refractivity (Wildman–Crippen MR) is 109 cm³/mol. The topological polar surface area (TPSA) is 115 Å². The Labute approximate surface area is 169 Å². The van der Waals surface area contributed by atoms with Gasteiger partial charge in [-0.2, -0.15) is 0 Å². The van der Waals surface area contributed by atoms with Crippen molar-refractivity contribution >= 4 is 40.1 Å². The highest BCUT2D eigenvalue weighted by Gasteiger charge is 2.12. The minimum absolute atomic E-state index is 0.0304. The predicted octanol–water partition coefficient (Wildman–Crippen LogP) is 1.04. The molecule has 150 valence electrons. The number of hydrogen-bond acceptors (Lipinski definition) is 5. The van der Waals surface area contributed by atoms with Crippen LogP contribution >= 0.6 is 11.6 Å². The fraction of sp³-hybridized carbons (Fsp3) is 0.211. The van der Waals surface area contributed by atoms with Crippen molar-refractivity contribution < 1.29 is 9.59 Å². The number of fused-ring (bicyclic) bond motifs is 1. The molecule has 0 saturated carbocycles. The van der Waals surface area contributed by atoms with Gasteiger partial charge in [-0.1, -0.05) is 11.6 Å². The molecule has 29 heavy (non-hydrogen) atoms. The number of nitrogens with zero attached hydrogens (tertiary/aromatic N) is 3. The lowest BCUT2D eigenvalue weighted by atomic mass is 10.2. The summed E-state index contributed by atoms with van der Waals surface area (Å²) in [6.45, 7) is 0.130. The molecule has 0 spiro atoms. The fourth-order valence-corrected chi connectivity index (χ4v) is 2.88. The largest absolute Gasteiger partial charge is 0.352 e. The van der Waals surface area contributed by atoms with E-state index in [0.29, 0.717) is 16.3 Å². The number of carbonyl (C=O) groups excluding carboxylic acids is 2. The van der Waals surface area contributed by atoms with Crippen LogP contribution in [0.1, 0.15) is 16.8 Å². The highest BCUT2D eigenvalue weighted by atomic mass is 35.5. The van der Waals surface area contributed by atoms with Crippen LogP contribution in [0.2, 0.25) is 5.02 Å². The molecular weight excluding hydrogens is 398 g/mol. The first-order chi connectivity index (χ1) is 13.8. The summed E-state index contributed by atoms with van der Waals surface area (Å²) < 4.78 is 2.23. The summed E-state index contributed by atoms with van der Waals surface area (Å²) in [5.74, 6) is -0.671. The zero-order valence-electron chi connectivity index (χ0n) is 15.7. The Hall–Kier alpha value is -3.46. The Balaban J connectivity index is 1.64. The Bertz CT molecular complexity index is 1210. The average molecular weight is 416 g/mol. The van der Waals surface area contributed by atoms with Crippen molar-refractivity contribution in [3.05, 3.63) is 68.0 Å². The molecule has 2 aromatic heterocycles. The molecule has 9 nitrogen and oxygen atoms in total. The SMILES string of the molecule is Cn1c(=O)c2cc(NC(=O)CCNC(=O)c3ccc(Cl)cc3)cnc2n(C)c1=O. The van der Waals surface area contributed by atoms with Gasteiger partial charge in [-0.25, -0.2) is 9.78 Å². The second-order valence-electron chi connectivity index (χ2n) is 6.36. The molecule has 0 atom stereocenters. The highest BCUT2D eigenvalue weighted by molar-refractivity contribution is 6.30. The Morgan fingerprint density at radius 2 is 1.79 bits per heavy atom. The van der Waals surface area contributed by atoms with Gasteiger partial charge < -0.3 is 10.6 Å². The number of anilines is 1. The molecule has 0 aliphatic carbocycles. The van der Waals surface area contributed by atoms with Crippen LogP contribution in [0.15, 0.2) is 46.1 Å². The number of rotatable bonds is 5. The number of aryl methyl sites for hydroxylation is 1. The van der Waals surface area contributed by atoms with Gasteiger partial charge in [-0.3, -0.25) is 23.5 Å². The lowest BCUT2D eigenvalue weighted by Crippen LogP contribution is -2.37. The quantitative estimate of drug-likeness (QED) is 0.646. The van der Waals surface area contributed by atoms with Crippen molar-refractivity contribution in [3.8, 4) is 0 Å². The Morgan fingerprint density at radius 1 is 1.10 bits per heavy atom. The summed E-state index contributed by atoms with van der Waals surface area (Å²) in [5.41, 5.74) is 0.00809. The number of pyridine rings is 1. The number of benzene rings is 1. The van der Waals surface area contributed by atoms with E-state index in [0.717, 1.165) is 4.57 Å². The van der Waals surface area contributed by atoms with Crippen LogP contribution in [-0.2, 0) is 18.9 Å². The van der Waals surface area contributed by atoms with E-state index < -0.39 is 11.2 Å². The van der Waals surface area contributed by atoms with E-state index in [1.165, 1.54) is 30.9 Å². The van der Waals surface area contributed by atoms with E-state index in [1.807, 2.05) is 0 Å². The fourth-order valence-electron chi connectivity index (χ4n) is 2.75. The molecule has 1 aromatic carbocycles. The van der Waals surface area contributed by atoms with Gasteiger partial charge in [-0.05, 0) is 30.3 Å². The van der Waals surface area contributed by atoms with E-state index in [1.54, 1.807) is 24.3 Å². The number of nitrogens with one attached hydrogen (secondary N) is 2. The van der Waals surface area contributed by atoms with Crippen LogP contribution < -0.4 is 21.9 Å². The standard InChI is InChI=1S/C19H18ClN5O4/c1-24-16-14(18(28)25(2)19(24)29)9-13(10-22-16)23-15(26)7-8-21-17(27)11-3-5-12(20)6-4-11/h3-6,9-10H,7-8H2,1-2H3,(H,21,27)(H,23,26). The number of halogens is 1. The van der Waals surface area contributed by atoms with Gasteiger partial charge >= 0.3 is 5.69 Å². The van der Waals surface area contributed by atoms with Gasteiger partial charge in [0.05, 0.1) is 17.3 Å². The second-order valence-corrected chi connectivity index (χ2v) is 6.80. The molecule has 3 rings (SSSR count). The second kappa shape index (κ2) is 8.27. The van der Waals surface area contributed by atoms with E-state index >= 15 is 0 Å².